The van der Waals surface area contributed by atoms with Gasteiger partial charge in [0.1, 0.15) is 12.4 Å². The molecule has 5 heteroatoms. The average Bonchev–Trinajstić information content (AvgIpc) is 2.06. The van der Waals surface area contributed by atoms with Gasteiger partial charge < -0.3 is 14.6 Å². The Balaban J connectivity index is 4.46. The molecule has 0 spiro atoms. The van der Waals surface area contributed by atoms with Crippen LogP contribution in [0.5, 0.6) is 0 Å². The Morgan fingerprint density at radius 2 is 2.15 bits per heavy atom. The summed E-state index contributed by atoms with van der Waals surface area (Å²) in [6, 6.07) is 0. The van der Waals surface area contributed by atoms with Crippen molar-refractivity contribution in [2.24, 2.45) is 0 Å². The maximum atomic E-state index is 10.9. The van der Waals surface area contributed by atoms with Gasteiger partial charge in [0.25, 0.3) is 0 Å². The fourth-order valence-electron chi connectivity index (χ4n) is 0.506. The second-order valence-electron chi connectivity index (χ2n) is 1.77. The number of esters is 2. The normalized spacial score (nSPS) is 10.0. The highest BCUT2D eigenvalue weighted by Gasteiger charge is 2.21. The van der Waals surface area contributed by atoms with E-state index >= 15 is 0 Å². The molecule has 13 heavy (non-hydrogen) atoms. The quantitative estimate of drug-likeness (QED) is 0.168. The van der Waals surface area contributed by atoms with Gasteiger partial charge in [-0.05, 0) is 6.92 Å². The number of terminal acetylenes is 1. The molecule has 0 rings (SSSR count). The second kappa shape index (κ2) is 5.66. The number of aliphatic hydroxyl groups excluding tert-OH is 1. The summed E-state index contributed by atoms with van der Waals surface area (Å²) in [4.78, 5) is 21.7. The van der Waals surface area contributed by atoms with Crippen LogP contribution in [-0.4, -0.2) is 23.7 Å². The Bertz CT molecular complexity index is 271. The lowest BCUT2D eigenvalue weighted by atomic mass is 10.3. The van der Waals surface area contributed by atoms with E-state index in [4.69, 9.17) is 5.11 Å². The van der Waals surface area contributed by atoms with E-state index in [0.29, 0.717) is 0 Å². The number of carbonyl (C=O) groups excluding carboxylic acids is 2. The van der Waals surface area contributed by atoms with Crippen LogP contribution >= 0.6 is 0 Å². The highest BCUT2D eigenvalue weighted by atomic mass is 16.5. The summed E-state index contributed by atoms with van der Waals surface area (Å²) in [5.74, 6) is -2.10. The van der Waals surface area contributed by atoms with Crippen LogP contribution in [0, 0.1) is 12.5 Å². The third-order valence-electron chi connectivity index (χ3n) is 0.996. The van der Waals surface area contributed by atoms with E-state index in [1.807, 2.05) is 0 Å². The first-order chi connectivity index (χ1) is 6.17. The van der Waals surface area contributed by atoms with Crippen LogP contribution in [0.2, 0.25) is 0 Å². The van der Waals surface area contributed by atoms with Crippen molar-refractivity contribution in [2.45, 2.75) is 6.92 Å². The van der Waals surface area contributed by atoms with Crippen molar-refractivity contribution >= 4 is 11.9 Å². The summed E-state index contributed by atoms with van der Waals surface area (Å²) in [6.07, 6.45) is 6.50. The van der Waals surface area contributed by atoms with Gasteiger partial charge in [-0.25, -0.2) is 9.59 Å². The lowest BCUT2D eigenvalue weighted by Crippen LogP contribution is -2.16. The molecular weight excluding hydrogens is 176 g/mol. The Morgan fingerprint density at radius 3 is 2.54 bits per heavy atom. The molecule has 0 radical (unpaired) electrons. The predicted octanol–water partition coefficient (Wildman–Crippen LogP) is 0.125. The molecule has 0 heterocycles. The van der Waals surface area contributed by atoms with Gasteiger partial charge in [-0.15, -0.1) is 0 Å². The molecule has 0 fully saturated rings. The molecule has 0 atom stereocenters. The summed E-state index contributed by atoms with van der Waals surface area (Å²) in [5, 5.41) is 8.49. The SMILES string of the molecule is C#COC(=O)/C(=C\O)C(=O)OCC. The van der Waals surface area contributed by atoms with Gasteiger partial charge in [0.2, 0.25) is 0 Å². The van der Waals surface area contributed by atoms with Crippen LogP contribution in [0.25, 0.3) is 0 Å². The Kier molecular flexibility index (Phi) is 4.81. The van der Waals surface area contributed by atoms with Gasteiger partial charge >= 0.3 is 11.9 Å². The van der Waals surface area contributed by atoms with Gasteiger partial charge in [-0.3, -0.25) is 0 Å². The molecule has 70 valence electrons. The number of carbonyl (C=O) groups is 2. The van der Waals surface area contributed by atoms with E-state index in [1.54, 1.807) is 13.0 Å². The first kappa shape index (κ1) is 11.0. The van der Waals surface area contributed by atoms with E-state index in [9.17, 15) is 9.59 Å². The number of hydrogen-bond donors (Lipinski definition) is 1. The molecule has 0 aliphatic rings. The smallest absolute Gasteiger partial charge is 0.362 e. The molecule has 0 unspecified atom stereocenters. The van der Waals surface area contributed by atoms with Crippen molar-refractivity contribution in [3.63, 3.8) is 0 Å². The molecular formula is C8H8O5. The number of ether oxygens (including phenoxy) is 2. The molecule has 0 saturated heterocycles. The van der Waals surface area contributed by atoms with Gasteiger partial charge in [0.15, 0.2) is 5.57 Å². The molecule has 0 aromatic carbocycles. The minimum absolute atomic E-state index is 0.0828. The maximum Gasteiger partial charge on any atom is 0.362 e. The van der Waals surface area contributed by atoms with Crippen LogP contribution in [0.3, 0.4) is 0 Å². The van der Waals surface area contributed by atoms with Crippen molar-refractivity contribution in [3.05, 3.63) is 11.8 Å². The topological polar surface area (TPSA) is 72.8 Å². The zero-order chi connectivity index (χ0) is 10.3. The van der Waals surface area contributed by atoms with Crippen molar-refractivity contribution in [1.29, 1.82) is 0 Å². The predicted molar refractivity (Wildman–Crippen MR) is 42.3 cm³/mol. The van der Waals surface area contributed by atoms with E-state index < -0.39 is 17.5 Å². The largest absolute Gasteiger partial charge is 0.514 e. The standard InChI is InChI=1S/C8H8O5/c1-3-12-7(10)6(5-9)8(11)13-4-2/h1,5,9H,4H2,2H3/b6-5+. The molecule has 0 aliphatic carbocycles. The molecule has 0 saturated carbocycles. The fraction of sp³-hybridized carbons (Fsp3) is 0.250. The third-order valence-corrected chi connectivity index (χ3v) is 0.996. The molecule has 0 aliphatic heterocycles. The van der Waals surface area contributed by atoms with Crippen LogP contribution in [0.15, 0.2) is 11.8 Å². The lowest BCUT2D eigenvalue weighted by Gasteiger charge is -2.01. The summed E-state index contributed by atoms with van der Waals surface area (Å²) in [7, 11) is 0. The van der Waals surface area contributed by atoms with Crippen LogP contribution in [0.4, 0.5) is 0 Å². The summed E-state index contributed by atoms with van der Waals surface area (Å²) >= 11 is 0. The number of hydrogen-bond acceptors (Lipinski definition) is 5. The molecule has 0 bridgehead atoms. The highest BCUT2D eigenvalue weighted by molar-refractivity contribution is 6.14. The number of rotatable bonds is 3. The van der Waals surface area contributed by atoms with E-state index in [2.05, 4.69) is 15.9 Å². The van der Waals surface area contributed by atoms with E-state index in [0.717, 1.165) is 0 Å². The van der Waals surface area contributed by atoms with E-state index in [-0.39, 0.29) is 12.9 Å². The van der Waals surface area contributed by atoms with Crippen LogP contribution in [0.1, 0.15) is 6.92 Å². The maximum absolute atomic E-state index is 10.9. The summed E-state index contributed by atoms with van der Waals surface area (Å²) < 4.78 is 8.45. The van der Waals surface area contributed by atoms with Gasteiger partial charge in [0, 0.05) is 0 Å². The molecule has 1 N–H and O–H groups in total. The Labute approximate surface area is 74.9 Å². The molecule has 5 nitrogen and oxygen atoms in total. The minimum Gasteiger partial charge on any atom is -0.514 e. The van der Waals surface area contributed by atoms with Crippen molar-refractivity contribution < 1.29 is 24.2 Å². The number of aliphatic hydroxyl groups is 1. The lowest BCUT2D eigenvalue weighted by molar-refractivity contribution is -0.144. The zero-order valence-corrected chi connectivity index (χ0v) is 6.94. The first-order valence-electron chi connectivity index (χ1n) is 3.35. The van der Waals surface area contributed by atoms with Crippen LogP contribution in [-0.2, 0) is 19.1 Å². The Hall–Kier alpha value is -1.96. The highest BCUT2D eigenvalue weighted by Crippen LogP contribution is 1.99. The minimum atomic E-state index is -1.12. The summed E-state index contributed by atoms with van der Waals surface area (Å²) in [5.41, 5.74) is -0.639. The fourth-order valence-corrected chi connectivity index (χ4v) is 0.506. The van der Waals surface area contributed by atoms with E-state index in [1.165, 1.54) is 0 Å². The summed E-state index contributed by atoms with van der Waals surface area (Å²) in [6.45, 7) is 1.64. The van der Waals surface area contributed by atoms with Crippen molar-refractivity contribution in [1.82, 2.24) is 0 Å². The van der Waals surface area contributed by atoms with Crippen molar-refractivity contribution in [2.75, 3.05) is 6.61 Å². The van der Waals surface area contributed by atoms with Gasteiger partial charge in [-0.1, -0.05) is 6.42 Å². The first-order valence-corrected chi connectivity index (χ1v) is 3.35. The molecule has 0 aromatic heterocycles. The van der Waals surface area contributed by atoms with Gasteiger partial charge in [-0.2, -0.15) is 0 Å². The van der Waals surface area contributed by atoms with Crippen molar-refractivity contribution in [3.8, 4) is 12.5 Å². The second-order valence-corrected chi connectivity index (χ2v) is 1.77. The average molecular weight is 184 g/mol. The van der Waals surface area contributed by atoms with Gasteiger partial charge in [0.05, 0.1) is 6.61 Å². The molecule has 0 aromatic rings. The monoisotopic (exact) mass is 184 g/mol. The molecule has 0 amide bonds. The van der Waals surface area contributed by atoms with Crippen LogP contribution < -0.4 is 0 Å². The third kappa shape index (κ3) is 3.29. The zero-order valence-electron chi connectivity index (χ0n) is 6.94. The Morgan fingerprint density at radius 1 is 1.54 bits per heavy atom.